The number of likely N-dealkylation sites (N-methyl/N-ethyl adjacent to an activating group) is 1. The summed E-state index contributed by atoms with van der Waals surface area (Å²) in [6.07, 6.45) is 2.57. The van der Waals surface area contributed by atoms with Crippen LogP contribution < -0.4 is 10.2 Å². The van der Waals surface area contributed by atoms with E-state index in [-0.39, 0.29) is 0 Å². The van der Waals surface area contributed by atoms with Gasteiger partial charge in [0.1, 0.15) is 12.1 Å². The minimum atomic E-state index is 0.747. The zero-order valence-corrected chi connectivity index (χ0v) is 10.9. The molecule has 0 fully saturated rings. The van der Waals surface area contributed by atoms with Crippen molar-refractivity contribution in [3.05, 3.63) is 18.1 Å². The third kappa shape index (κ3) is 5.10. The van der Waals surface area contributed by atoms with E-state index in [0.29, 0.717) is 0 Å². The summed E-state index contributed by atoms with van der Waals surface area (Å²) in [6, 6.07) is 2.04. The van der Waals surface area contributed by atoms with E-state index in [2.05, 4.69) is 27.1 Å². The molecule has 0 aromatic carbocycles. The molecule has 5 nitrogen and oxygen atoms in total. The molecule has 0 aliphatic rings. The number of nitrogens with zero attached hydrogens (tertiary/aromatic N) is 3. The van der Waals surface area contributed by atoms with Crippen LogP contribution in [0, 0.1) is 0 Å². The number of nitrogens with one attached hydrogen (secondary N) is 1. The van der Waals surface area contributed by atoms with Crippen molar-refractivity contribution in [3.8, 4) is 0 Å². The molecule has 0 bridgehead atoms. The average Bonchev–Trinajstić information content (AvgIpc) is 2.38. The highest BCUT2D eigenvalue weighted by atomic mass is 16.5. The molecule has 1 N–H and O–H groups in total. The van der Waals surface area contributed by atoms with E-state index in [1.807, 2.05) is 13.1 Å². The topological polar surface area (TPSA) is 50.3 Å². The molecular formula is C12H22N4O. The SMILES string of the molecule is CCc1cc(N(C)CCNCCOC)ncn1. The summed E-state index contributed by atoms with van der Waals surface area (Å²) in [5.74, 6) is 0.977. The van der Waals surface area contributed by atoms with Gasteiger partial charge in [-0.1, -0.05) is 6.92 Å². The number of aromatic nitrogens is 2. The number of hydrogen-bond acceptors (Lipinski definition) is 5. The standard InChI is InChI=1S/C12H22N4O/c1-4-11-9-12(15-10-14-11)16(2)7-5-13-6-8-17-3/h9-10,13H,4-8H2,1-3H3. The number of rotatable bonds is 8. The lowest BCUT2D eigenvalue weighted by atomic mass is 10.3. The van der Waals surface area contributed by atoms with Crippen molar-refractivity contribution in [1.29, 1.82) is 0 Å². The molecule has 0 saturated heterocycles. The summed E-state index contributed by atoms with van der Waals surface area (Å²) in [6.45, 7) is 5.57. The van der Waals surface area contributed by atoms with E-state index < -0.39 is 0 Å². The summed E-state index contributed by atoms with van der Waals surface area (Å²) in [4.78, 5) is 10.6. The predicted octanol–water partition coefficient (Wildman–Crippen LogP) is 0.711. The normalized spacial score (nSPS) is 10.5. The lowest BCUT2D eigenvalue weighted by molar-refractivity contribution is 0.200. The first-order chi connectivity index (χ1) is 8.27. The van der Waals surface area contributed by atoms with Crippen LogP contribution in [0.3, 0.4) is 0 Å². The van der Waals surface area contributed by atoms with Crippen LogP contribution in [-0.2, 0) is 11.2 Å². The van der Waals surface area contributed by atoms with E-state index in [4.69, 9.17) is 4.74 Å². The number of methoxy groups -OCH3 is 1. The van der Waals surface area contributed by atoms with Crippen molar-refractivity contribution < 1.29 is 4.74 Å². The average molecular weight is 238 g/mol. The van der Waals surface area contributed by atoms with Crippen molar-refractivity contribution in [2.75, 3.05) is 45.3 Å². The molecular weight excluding hydrogens is 216 g/mol. The van der Waals surface area contributed by atoms with E-state index in [0.717, 1.165) is 44.2 Å². The molecule has 5 heteroatoms. The highest BCUT2D eigenvalue weighted by Gasteiger charge is 2.02. The Kier molecular flexibility index (Phi) is 6.50. The summed E-state index contributed by atoms with van der Waals surface area (Å²) in [7, 11) is 3.75. The molecule has 1 aromatic rings. The van der Waals surface area contributed by atoms with E-state index in [1.165, 1.54) is 0 Å². The molecule has 17 heavy (non-hydrogen) atoms. The fourth-order valence-electron chi connectivity index (χ4n) is 1.45. The summed E-state index contributed by atoms with van der Waals surface area (Å²) in [5.41, 5.74) is 1.08. The van der Waals surface area contributed by atoms with Crippen molar-refractivity contribution in [2.45, 2.75) is 13.3 Å². The minimum absolute atomic E-state index is 0.747. The number of aryl methyl sites for hydroxylation is 1. The largest absolute Gasteiger partial charge is 0.383 e. The first-order valence-electron chi connectivity index (χ1n) is 5.99. The highest BCUT2D eigenvalue weighted by molar-refractivity contribution is 5.37. The van der Waals surface area contributed by atoms with Crippen LogP contribution >= 0.6 is 0 Å². The van der Waals surface area contributed by atoms with Crippen molar-refractivity contribution in [2.24, 2.45) is 0 Å². The quantitative estimate of drug-likeness (QED) is 0.676. The van der Waals surface area contributed by atoms with Gasteiger partial charge in [-0.05, 0) is 6.42 Å². The van der Waals surface area contributed by atoms with Crippen molar-refractivity contribution in [1.82, 2.24) is 15.3 Å². The Balaban J connectivity index is 2.33. The van der Waals surface area contributed by atoms with Gasteiger partial charge in [-0.2, -0.15) is 0 Å². The molecule has 0 aliphatic heterocycles. The Hall–Kier alpha value is -1.20. The lowest BCUT2D eigenvalue weighted by Crippen LogP contribution is -2.31. The van der Waals surface area contributed by atoms with Gasteiger partial charge in [-0.3, -0.25) is 0 Å². The Morgan fingerprint density at radius 1 is 1.35 bits per heavy atom. The number of hydrogen-bond donors (Lipinski definition) is 1. The zero-order valence-electron chi connectivity index (χ0n) is 10.9. The fraction of sp³-hybridized carbons (Fsp3) is 0.667. The van der Waals surface area contributed by atoms with Crippen LogP contribution in [0.5, 0.6) is 0 Å². The fourth-order valence-corrected chi connectivity index (χ4v) is 1.45. The number of anilines is 1. The highest BCUT2D eigenvalue weighted by Crippen LogP contribution is 2.08. The van der Waals surface area contributed by atoms with Gasteiger partial charge >= 0.3 is 0 Å². The smallest absolute Gasteiger partial charge is 0.131 e. The van der Waals surface area contributed by atoms with Crippen LogP contribution in [0.2, 0.25) is 0 Å². The number of ether oxygens (including phenoxy) is 1. The van der Waals surface area contributed by atoms with Gasteiger partial charge in [-0.25, -0.2) is 9.97 Å². The molecule has 1 heterocycles. The first-order valence-corrected chi connectivity index (χ1v) is 5.99. The maximum Gasteiger partial charge on any atom is 0.131 e. The molecule has 0 aliphatic carbocycles. The van der Waals surface area contributed by atoms with Gasteiger partial charge in [0.05, 0.1) is 6.61 Å². The second-order valence-electron chi connectivity index (χ2n) is 3.89. The van der Waals surface area contributed by atoms with Gasteiger partial charge in [0.15, 0.2) is 0 Å². The third-order valence-electron chi connectivity index (χ3n) is 2.57. The molecule has 0 amide bonds. The summed E-state index contributed by atoms with van der Waals surface area (Å²) < 4.78 is 4.97. The molecule has 0 spiro atoms. The monoisotopic (exact) mass is 238 g/mol. The zero-order chi connectivity index (χ0) is 12.5. The van der Waals surface area contributed by atoms with Crippen molar-refractivity contribution >= 4 is 5.82 Å². The van der Waals surface area contributed by atoms with E-state index in [1.54, 1.807) is 13.4 Å². The summed E-state index contributed by atoms with van der Waals surface area (Å²) in [5, 5.41) is 3.31. The van der Waals surface area contributed by atoms with Gasteiger partial charge in [0.25, 0.3) is 0 Å². The third-order valence-corrected chi connectivity index (χ3v) is 2.57. The Labute approximate surface area is 103 Å². The van der Waals surface area contributed by atoms with Crippen molar-refractivity contribution in [3.63, 3.8) is 0 Å². The minimum Gasteiger partial charge on any atom is -0.383 e. The van der Waals surface area contributed by atoms with Crippen LogP contribution in [0.1, 0.15) is 12.6 Å². The maximum atomic E-state index is 4.97. The Morgan fingerprint density at radius 3 is 2.88 bits per heavy atom. The van der Waals surface area contributed by atoms with E-state index in [9.17, 15) is 0 Å². The predicted molar refractivity (Wildman–Crippen MR) is 69.4 cm³/mol. The molecule has 96 valence electrons. The van der Waals surface area contributed by atoms with E-state index >= 15 is 0 Å². The maximum absolute atomic E-state index is 4.97. The molecule has 0 radical (unpaired) electrons. The Bertz CT molecular complexity index is 319. The second-order valence-corrected chi connectivity index (χ2v) is 3.89. The van der Waals surface area contributed by atoms with Crippen LogP contribution in [0.25, 0.3) is 0 Å². The van der Waals surface area contributed by atoms with Crippen LogP contribution in [-0.4, -0.2) is 50.4 Å². The lowest BCUT2D eigenvalue weighted by Gasteiger charge is -2.18. The molecule has 0 unspecified atom stereocenters. The van der Waals surface area contributed by atoms with Crippen LogP contribution in [0.15, 0.2) is 12.4 Å². The van der Waals surface area contributed by atoms with Gasteiger partial charge in [0.2, 0.25) is 0 Å². The van der Waals surface area contributed by atoms with Gasteiger partial charge in [-0.15, -0.1) is 0 Å². The molecule has 1 aromatic heterocycles. The first kappa shape index (κ1) is 13.9. The molecule has 1 rings (SSSR count). The van der Waals surface area contributed by atoms with Crippen LogP contribution in [0.4, 0.5) is 5.82 Å². The molecule has 0 atom stereocenters. The second kappa shape index (κ2) is 7.97. The molecule has 0 saturated carbocycles. The Morgan fingerprint density at radius 2 is 2.18 bits per heavy atom. The van der Waals surface area contributed by atoms with Gasteiger partial charge in [0, 0.05) is 45.6 Å². The summed E-state index contributed by atoms with van der Waals surface area (Å²) >= 11 is 0. The van der Waals surface area contributed by atoms with Gasteiger partial charge < -0.3 is 15.0 Å².